The molecule has 122 valence electrons. The van der Waals surface area contributed by atoms with Crippen LogP contribution in [0.3, 0.4) is 0 Å². The lowest BCUT2D eigenvalue weighted by Gasteiger charge is -2.28. The largest absolute Gasteiger partial charge is 0.352 e. The van der Waals surface area contributed by atoms with Crippen molar-refractivity contribution >= 4 is 5.57 Å². The Hall–Kier alpha value is -1.12. The Morgan fingerprint density at radius 3 is 2.36 bits per heavy atom. The Morgan fingerprint density at radius 2 is 1.82 bits per heavy atom. The Bertz CT molecular complexity index is 518. The van der Waals surface area contributed by atoms with Crippen LogP contribution in [0, 0.1) is 5.92 Å². The quantitative estimate of drug-likeness (QED) is 0.763. The van der Waals surface area contributed by atoms with E-state index < -0.39 is 0 Å². The molecular formula is C20H30O2. The van der Waals surface area contributed by atoms with Gasteiger partial charge in [-0.25, -0.2) is 0 Å². The van der Waals surface area contributed by atoms with Gasteiger partial charge in [0.1, 0.15) is 0 Å². The first-order valence-corrected chi connectivity index (χ1v) is 8.30. The van der Waals surface area contributed by atoms with Gasteiger partial charge < -0.3 is 9.47 Å². The highest BCUT2D eigenvalue weighted by atomic mass is 16.7. The van der Waals surface area contributed by atoms with Gasteiger partial charge in [-0.2, -0.15) is 0 Å². The molecule has 22 heavy (non-hydrogen) atoms. The van der Waals surface area contributed by atoms with Gasteiger partial charge in [-0.05, 0) is 40.5 Å². The standard InChI is InChI=1S/C20H30O2/c1-14(2)12-21-19-11-18(15(3)13-22-19)16-7-9-17(10-8-16)20(4,5)6/h7-10,14,19H,11-13H2,1-6H3. The van der Waals surface area contributed by atoms with E-state index in [1.54, 1.807) is 0 Å². The monoisotopic (exact) mass is 302 g/mol. The molecule has 1 aromatic carbocycles. The Kier molecular flexibility index (Phi) is 5.46. The molecule has 2 nitrogen and oxygen atoms in total. The first-order valence-electron chi connectivity index (χ1n) is 8.30. The third-order valence-electron chi connectivity index (χ3n) is 4.09. The summed E-state index contributed by atoms with van der Waals surface area (Å²) in [5.41, 5.74) is 5.55. The van der Waals surface area contributed by atoms with Gasteiger partial charge in [-0.1, -0.05) is 58.9 Å². The molecule has 1 aliphatic rings. The van der Waals surface area contributed by atoms with Gasteiger partial charge in [-0.3, -0.25) is 0 Å². The van der Waals surface area contributed by atoms with Crippen molar-refractivity contribution in [1.29, 1.82) is 0 Å². The molecule has 0 N–H and O–H groups in total. The van der Waals surface area contributed by atoms with Gasteiger partial charge in [0.2, 0.25) is 0 Å². The van der Waals surface area contributed by atoms with Crippen molar-refractivity contribution in [3.63, 3.8) is 0 Å². The number of hydrogen-bond acceptors (Lipinski definition) is 2. The molecule has 0 spiro atoms. The molecule has 0 aliphatic carbocycles. The third kappa shape index (κ3) is 4.44. The maximum atomic E-state index is 5.87. The molecule has 2 heteroatoms. The lowest BCUT2D eigenvalue weighted by atomic mass is 9.85. The summed E-state index contributed by atoms with van der Waals surface area (Å²) in [6.07, 6.45) is 0.733. The van der Waals surface area contributed by atoms with E-state index in [9.17, 15) is 0 Å². The maximum absolute atomic E-state index is 5.87. The van der Waals surface area contributed by atoms with Gasteiger partial charge >= 0.3 is 0 Å². The van der Waals surface area contributed by atoms with Crippen LogP contribution in [0.5, 0.6) is 0 Å². The Balaban J connectivity index is 2.12. The van der Waals surface area contributed by atoms with Crippen LogP contribution in [0.15, 0.2) is 29.8 Å². The average molecular weight is 302 g/mol. The number of hydrogen-bond donors (Lipinski definition) is 0. The van der Waals surface area contributed by atoms with Crippen molar-refractivity contribution < 1.29 is 9.47 Å². The first kappa shape index (κ1) is 17.2. The molecule has 0 saturated carbocycles. The number of ether oxygens (including phenoxy) is 2. The van der Waals surface area contributed by atoms with E-state index in [4.69, 9.17) is 9.47 Å². The van der Waals surface area contributed by atoms with Crippen molar-refractivity contribution in [1.82, 2.24) is 0 Å². The van der Waals surface area contributed by atoms with Crippen LogP contribution in [0.25, 0.3) is 5.57 Å². The molecule has 1 atom stereocenters. The summed E-state index contributed by atoms with van der Waals surface area (Å²) in [5, 5.41) is 0. The minimum Gasteiger partial charge on any atom is -0.352 e. The fourth-order valence-electron chi connectivity index (χ4n) is 2.65. The van der Waals surface area contributed by atoms with Crippen LogP contribution in [0.2, 0.25) is 0 Å². The molecule has 0 fully saturated rings. The van der Waals surface area contributed by atoms with E-state index in [0.717, 1.165) is 13.0 Å². The zero-order chi connectivity index (χ0) is 16.3. The number of rotatable bonds is 4. The molecular weight excluding hydrogens is 272 g/mol. The van der Waals surface area contributed by atoms with E-state index in [-0.39, 0.29) is 11.7 Å². The summed E-state index contributed by atoms with van der Waals surface area (Å²) < 4.78 is 11.7. The second kappa shape index (κ2) is 6.97. The lowest BCUT2D eigenvalue weighted by molar-refractivity contribution is -0.142. The zero-order valence-electron chi connectivity index (χ0n) is 14.9. The predicted molar refractivity (Wildman–Crippen MR) is 92.9 cm³/mol. The van der Waals surface area contributed by atoms with E-state index in [1.807, 2.05) is 0 Å². The van der Waals surface area contributed by atoms with Crippen molar-refractivity contribution in [3.05, 3.63) is 41.0 Å². The highest BCUT2D eigenvalue weighted by Crippen LogP contribution is 2.31. The van der Waals surface area contributed by atoms with E-state index in [2.05, 4.69) is 65.8 Å². The van der Waals surface area contributed by atoms with Gasteiger partial charge in [0.05, 0.1) is 13.2 Å². The van der Waals surface area contributed by atoms with Crippen molar-refractivity contribution in [2.45, 2.75) is 59.7 Å². The van der Waals surface area contributed by atoms with Crippen molar-refractivity contribution in [2.75, 3.05) is 13.2 Å². The molecule has 0 radical (unpaired) electrons. The molecule has 2 rings (SSSR count). The molecule has 0 amide bonds. The smallest absolute Gasteiger partial charge is 0.162 e. The van der Waals surface area contributed by atoms with Gasteiger partial charge in [0.15, 0.2) is 6.29 Å². The summed E-state index contributed by atoms with van der Waals surface area (Å²) >= 11 is 0. The zero-order valence-corrected chi connectivity index (χ0v) is 14.9. The highest BCUT2D eigenvalue weighted by Gasteiger charge is 2.22. The minimum atomic E-state index is -0.108. The molecule has 0 aromatic heterocycles. The third-order valence-corrected chi connectivity index (χ3v) is 4.09. The van der Waals surface area contributed by atoms with E-state index >= 15 is 0 Å². The molecule has 1 aliphatic heterocycles. The normalized spacial score (nSPS) is 19.9. The number of benzene rings is 1. The minimum absolute atomic E-state index is 0.108. The van der Waals surface area contributed by atoms with Crippen LogP contribution < -0.4 is 0 Å². The second-order valence-electron chi connectivity index (χ2n) is 7.76. The average Bonchev–Trinajstić information content (AvgIpc) is 2.45. The molecule has 0 saturated heterocycles. The van der Waals surface area contributed by atoms with Crippen LogP contribution in [0.1, 0.15) is 59.1 Å². The van der Waals surface area contributed by atoms with Crippen LogP contribution in [0.4, 0.5) is 0 Å². The maximum Gasteiger partial charge on any atom is 0.162 e. The predicted octanol–water partition coefficient (Wildman–Crippen LogP) is 5.18. The summed E-state index contributed by atoms with van der Waals surface area (Å²) in [5.74, 6) is 0.533. The molecule has 1 heterocycles. The summed E-state index contributed by atoms with van der Waals surface area (Å²) in [7, 11) is 0. The van der Waals surface area contributed by atoms with Crippen molar-refractivity contribution in [3.8, 4) is 0 Å². The van der Waals surface area contributed by atoms with Gasteiger partial charge in [-0.15, -0.1) is 0 Å². The van der Waals surface area contributed by atoms with Crippen LogP contribution in [-0.4, -0.2) is 19.5 Å². The fraction of sp³-hybridized carbons (Fsp3) is 0.600. The molecule has 1 unspecified atom stereocenters. The second-order valence-corrected chi connectivity index (χ2v) is 7.76. The Morgan fingerprint density at radius 1 is 1.18 bits per heavy atom. The highest BCUT2D eigenvalue weighted by molar-refractivity contribution is 5.69. The Labute approximate surface area is 135 Å². The fourth-order valence-corrected chi connectivity index (χ4v) is 2.65. The van der Waals surface area contributed by atoms with Crippen molar-refractivity contribution in [2.24, 2.45) is 5.92 Å². The lowest BCUT2D eigenvalue weighted by Crippen LogP contribution is -2.25. The van der Waals surface area contributed by atoms with Crippen LogP contribution in [-0.2, 0) is 14.9 Å². The van der Waals surface area contributed by atoms with Gasteiger partial charge in [0, 0.05) is 6.42 Å². The summed E-state index contributed by atoms with van der Waals surface area (Å²) in [6, 6.07) is 8.97. The van der Waals surface area contributed by atoms with Crippen LogP contribution >= 0.6 is 0 Å². The first-order chi connectivity index (χ1) is 10.3. The molecule has 1 aromatic rings. The molecule has 0 bridgehead atoms. The van der Waals surface area contributed by atoms with E-state index in [1.165, 1.54) is 22.3 Å². The van der Waals surface area contributed by atoms with E-state index in [0.29, 0.717) is 12.5 Å². The topological polar surface area (TPSA) is 18.5 Å². The SMILES string of the molecule is CC1=C(c2ccc(C(C)(C)C)cc2)CC(OCC(C)C)OC1. The summed E-state index contributed by atoms with van der Waals surface area (Å²) in [6.45, 7) is 14.6. The summed E-state index contributed by atoms with van der Waals surface area (Å²) in [4.78, 5) is 0. The van der Waals surface area contributed by atoms with Gasteiger partial charge in [0.25, 0.3) is 0 Å².